The molecule has 1 aliphatic heterocycles. The molecule has 1 aromatic carbocycles. The van der Waals surface area contributed by atoms with E-state index in [1.54, 1.807) is 0 Å². The number of rotatable bonds is 0. The summed E-state index contributed by atoms with van der Waals surface area (Å²) in [5.74, 6) is 0.935. The van der Waals surface area contributed by atoms with Crippen molar-refractivity contribution in [3.63, 3.8) is 0 Å². The molecule has 0 fully saturated rings. The zero-order valence-electron chi connectivity index (χ0n) is 10.3. The third kappa shape index (κ3) is 1.78. The number of hydrogen-bond donors (Lipinski definition) is 0. The van der Waals surface area contributed by atoms with Gasteiger partial charge >= 0.3 is 0 Å². The van der Waals surface area contributed by atoms with E-state index in [0.29, 0.717) is 6.61 Å². The Morgan fingerprint density at radius 3 is 2.50 bits per heavy atom. The van der Waals surface area contributed by atoms with Gasteiger partial charge in [0.05, 0.1) is 0 Å². The maximum atomic E-state index is 5.68. The average molecular weight is 214 g/mol. The van der Waals surface area contributed by atoms with Gasteiger partial charge in [-0.2, -0.15) is 0 Å². The molecule has 1 aliphatic rings. The molecule has 16 heavy (non-hydrogen) atoms. The SMILES string of the molecule is C=C1COc2cc(C(C)(C)C)ccc2C1=C. The minimum Gasteiger partial charge on any atom is -0.488 e. The summed E-state index contributed by atoms with van der Waals surface area (Å²) in [5, 5.41) is 0. The van der Waals surface area contributed by atoms with Crippen molar-refractivity contribution in [2.75, 3.05) is 6.61 Å². The van der Waals surface area contributed by atoms with Gasteiger partial charge in [-0.25, -0.2) is 0 Å². The highest BCUT2D eigenvalue weighted by Crippen LogP contribution is 2.37. The smallest absolute Gasteiger partial charge is 0.127 e. The van der Waals surface area contributed by atoms with Gasteiger partial charge in [-0.05, 0) is 28.2 Å². The highest BCUT2D eigenvalue weighted by molar-refractivity contribution is 5.82. The van der Waals surface area contributed by atoms with Gasteiger partial charge in [0.15, 0.2) is 0 Å². The van der Waals surface area contributed by atoms with E-state index in [1.165, 1.54) is 5.56 Å². The predicted octanol–water partition coefficient (Wildman–Crippen LogP) is 3.95. The summed E-state index contributed by atoms with van der Waals surface area (Å²) in [6.07, 6.45) is 0. The molecule has 0 spiro atoms. The van der Waals surface area contributed by atoms with E-state index in [0.717, 1.165) is 22.5 Å². The second-order valence-electron chi connectivity index (χ2n) is 5.33. The zero-order valence-corrected chi connectivity index (χ0v) is 10.3. The molecule has 0 radical (unpaired) electrons. The van der Waals surface area contributed by atoms with Crippen molar-refractivity contribution in [3.8, 4) is 5.75 Å². The molecule has 1 nitrogen and oxygen atoms in total. The molecule has 2 rings (SSSR count). The Bertz CT molecular complexity index is 461. The minimum atomic E-state index is 0.147. The molecule has 0 unspecified atom stereocenters. The van der Waals surface area contributed by atoms with Crippen LogP contribution in [0.2, 0.25) is 0 Å². The molecule has 0 aliphatic carbocycles. The van der Waals surface area contributed by atoms with Crippen LogP contribution in [-0.4, -0.2) is 6.61 Å². The number of hydrogen-bond acceptors (Lipinski definition) is 1. The summed E-state index contributed by atoms with van der Waals surface area (Å²) >= 11 is 0. The molecule has 1 aromatic rings. The molecule has 1 heteroatoms. The molecule has 0 N–H and O–H groups in total. The van der Waals surface area contributed by atoms with E-state index in [-0.39, 0.29) is 5.41 Å². The van der Waals surface area contributed by atoms with Crippen LogP contribution >= 0.6 is 0 Å². The number of benzene rings is 1. The van der Waals surface area contributed by atoms with Gasteiger partial charge < -0.3 is 4.74 Å². The first-order chi connectivity index (χ1) is 7.39. The Morgan fingerprint density at radius 1 is 1.19 bits per heavy atom. The second kappa shape index (κ2) is 3.51. The van der Waals surface area contributed by atoms with Crippen molar-refractivity contribution in [2.45, 2.75) is 26.2 Å². The van der Waals surface area contributed by atoms with Gasteiger partial charge in [-0.1, -0.05) is 46.1 Å². The van der Waals surface area contributed by atoms with Crippen molar-refractivity contribution >= 4 is 5.57 Å². The van der Waals surface area contributed by atoms with Crippen LogP contribution in [0.5, 0.6) is 5.75 Å². The molecule has 0 aromatic heterocycles. The van der Waals surface area contributed by atoms with Gasteiger partial charge in [0.2, 0.25) is 0 Å². The fourth-order valence-corrected chi connectivity index (χ4v) is 1.80. The summed E-state index contributed by atoms with van der Waals surface area (Å²) in [6.45, 7) is 15.1. The lowest BCUT2D eigenvalue weighted by Crippen LogP contribution is -2.14. The van der Waals surface area contributed by atoms with Gasteiger partial charge in [0.25, 0.3) is 0 Å². The lowest BCUT2D eigenvalue weighted by atomic mass is 9.85. The molecular weight excluding hydrogens is 196 g/mol. The van der Waals surface area contributed by atoms with E-state index in [9.17, 15) is 0 Å². The van der Waals surface area contributed by atoms with E-state index in [1.807, 2.05) is 0 Å². The maximum Gasteiger partial charge on any atom is 0.127 e. The highest BCUT2D eigenvalue weighted by atomic mass is 16.5. The van der Waals surface area contributed by atoms with Gasteiger partial charge in [0, 0.05) is 5.56 Å². The van der Waals surface area contributed by atoms with E-state index >= 15 is 0 Å². The quantitative estimate of drug-likeness (QED) is 0.635. The second-order valence-corrected chi connectivity index (χ2v) is 5.33. The van der Waals surface area contributed by atoms with Crippen LogP contribution in [-0.2, 0) is 5.41 Å². The first-order valence-corrected chi connectivity index (χ1v) is 5.54. The largest absolute Gasteiger partial charge is 0.488 e. The molecule has 0 bridgehead atoms. The normalized spacial score (nSPS) is 15.7. The van der Waals surface area contributed by atoms with Crippen molar-refractivity contribution in [3.05, 3.63) is 48.1 Å². The Labute approximate surface area is 97.4 Å². The summed E-state index contributed by atoms with van der Waals surface area (Å²) in [5.41, 5.74) is 4.47. The summed E-state index contributed by atoms with van der Waals surface area (Å²) in [4.78, 5) is 0. The lowest BCUT2D eigenvalue weighted by molar-refractivity contribution is 0.348. The monoisotopic (exact) mass is 214 g/mol. The van der Waals surface area contributed by atoms with Crippen LogP contribution in [0.1, 0.15) is 31.9 Å². The number of ether oxygens (including phenoxy) is 1. The summed E-state index contributed by atoms with van der Waals surface area (Å²) in [6, 6.07) is 6.35. The van der Waals surface area contributed by atoms with Crippen molar-refractivity contribution < 1.29 is 4.74 Å². The van der Waals surface area contributed by atoms with Gasteiger partial charge in [-0.3, -0.25) is 0 Å². The van der Waals surface area contributed by atoms with Crippen LogP contribution in [0.3, 0.4) is 0 Å². The predicted molar refractivity (Wildman–Crippen MR) is 68.8 cm³/mol. The van der Waals surface area contributed by atoms with Crippen LogP contribution in [0.4, 0.5) is 0 Å². The van der Waals surface area contributed by atoms with Crippen molar-refractivity contribution in [2.24, 2.45) is 0 Å². The molecular formula is C15H18O. The zero-order chi connectivity index (χ0) is 11.9. The standard InChI is InChI=1S/C15H18O/c1-10-9-16-14-8-12(15(3,4)5)6-7-13(14)11(10)2/h6-8H,1-2,9H2,3-5H3. The van der Waals surface area contributed by atoms with E-state index < -0.39 is 0 Å². The Hall–Kier alpha value is -1.50. The molecule has 0 saturated carbocycles. The molecule has 1 heterocycles. The first-order valence-electron chi connectivity index (χ1n) is 5.54. The number of fused-ring (bicyclic) bond motifs is 1. The Balaban J connectivity index is 2.49. The van der Waals surface area contributed by atoms with Crippen LogP contribution in [0.15, 0.2) is 36.9 Å². The first kappa shape index (κ1) is 11.0. The van der Waals surface area contributed by atoms with Crippen LogP contribution in [0, 0.1) is 0 Å². The Kier molecular flexibility index (Phi) is 2.42. The Morgan fingerprint density at radius 2 is 1.88 bits per heavy atom. The van der Waals surface area contributed by atoms with Crippen LogP contribution in [0.25, 0.3) is 5.57 Å². The topological polar surface area (TPSA) is 9.23 Å². The summed E-state index contributed by atoms with van der Waals surface area (Å²) < 4.78 is 5.68. The third-order valence-electron chi connectivity index (χ3n) is 3.00. The fraction of sp³-hybridized carbons (Fsp3) is 0.333. The van der Waals surface area contributed by atoms with Gasteiger partial charge in [0.1, 0.15) is 12.4 Å². The van der Waals surface area contributed by atoms with Crippen LogP contribution < -0.4 is 4.74 Å². The molecule has 0 saturated heterocycles. The minimum absolute atomic E-state index is 0.147. The summed E-state index contributed by atoms with van der Waals surface area (Å²) in [7, 11) is 0. The van der Waals surface area contributed by atoms with E-state index in [2.05, 4.69) is 52.1 Å². The third-order valence-corrected chi connectivity index (χ3v) is 3.00. The molecule has 0 amide bonds. The highest BCUT2D eigenvalue weighted by Gasteiger charge is 2.20. The molecule has 84 valence electrons. The van der Waals surface area contributed by atoms with Crippen molar-refractivity contribution in [1.82, 2.24) is 0 Å². The average Bonchev–Trinajstić information content (AvgIpc) is 2.22. The molecule has 0 atom stereocenters. The van der Waals surface area contributed by atoms with E-state index in [4.69, 9.17) is 4.74 Å². The van der Waals surface area contributed by atoms with Gasteiger partial charge in [-0.15, -0.1) is 0 Å². The lowest BCUT2D eigenvalue weighted by Gasteiger charge is -2.25. The van der Waals surface area contributed by atoms with Crippen molar-refractivity contribution in [1.29, 1.82) is 0 Å². The maximum absolute atomic E-state index is 5.68. The fourth-order valence-electron chi connectivity index (χ4n) is 1.80.